The molecule has 2 aromatic carbocycles. The maximum Gasteiger partial charge on any atom is 0.231 e. The third kappa shape index (κ3) is 3.17. The van der Waals surface area contributed by atoms with Crippen LogP contribution in [0.25, 0.3) is 0 Å². The summed E-state index contributed by atoms with van der Waals surface area (Å²) in [5.41, 5.74) is 2.10. The van der Waals surface area contributed by atoms with Gasteiger partial charge in [-0.05, 0) is 41.8 Å². The number of carbonyl (C=O) groups excluding carboxylic acids is 1. The second-order valence-electron chi connectivity index (χ2n) is 6.49. The van der Waals surface area contributed by atoms with Crippen molar-refractivity contribution in [3.05, 3.63) is 71.0 Å². The fourth-order valence-corrected chi connectivity index (χ4v) is 3.75. The van der Waals surface area contributed by atoms with Crippen molar-refractivity contribution in [2.24, 2.45) is 0 Å². The summed E-state index contributed by atoms with van der Waals surface area (Å²) in [4.78, 5) is 18.5. The maximum absolute atomic E-state index is 12.5. The first-order valence-electron chi connectivity index (χ1n) is 8.67. The highest BCUT2D eigenvalue weighted by Crippen LogP contribution is 2.42. The normalized spacial score (nSPS) is 18.9. The Morgan fingerprint density at radius 1 is 1.07 bits per heavy atom. The van der Waals surface area contributed by atoms with Crippen LogP contribution in [-0.4, -0.2) is 27.8 Å². The minimum absolute atomic E-state index is 0.0394. The molecule has 0 radical (unpaired) electrons. The summed E-state index contributed by atoms with van der Waals surface area (Å²) in [5.74, 6) is 1.26. The molecule has 1 aromatic heterocycles. The van der Waals surface area contributed by atoms with Gasteiger partial charge < -0.3 is 4.74 Å². The Labute approximate surface area is 162 Å². The lowest BCUT2D eigenvalue weighted by molar-refractivity contribution is -0.117. The summed E-state index contributed by atoms with van der Waals surface area (Å²) >= 11 is 6.05. The number of nitrogens with zero attached hydrogens (tertiary/aromatic N) is 4. The molecule has 7 heteroatoms. The molecule has 0 fully saturated rings. The summed E-state index contributed by atoms with van der Waals surface area (Å²) < 4.78 is 7.07. The summed E-state index contributed by atoms with van der Waals surface area (Å²) in [5, 5.41) is 5.07. The average Bonchev–Trinajstić information content (AvgIpc) is 3.17. The third-order valence-corrected chi connectivity index (χ3v) is 5.17. The molecule has 1 aliphatic rings. The van der Waals surface area contributed by atoms with Gasteiger partial charge in [0.2, 0.25) is 11.9 Å². The van der Waals surface area contributed by atoms with Gasteiger partial charge in [0.1, 0.15) is 12.1 Å². The first kappa shape index (κ1) is 17.5. The Kier molecular flexibility index (Phi) is 4.58. The van der Waals surface area contributed by atoms with Crippen LogP contribution in [0.15, 0.2) is 54.9 Å². The second-order valence-corrected chi connectivity index (χ2v) is 6.92. The Morgan fingerprint density at radius 2 is 1.70 bits per heavy atom. The molecule has 0 saturated carbocycles. The summed E-state index contributed by atoms with van der Waals surface area (Å²) in [7, 11) is 1.64. The molecule has 0 N–H and O–H groups in total. The molecule has 4 rings (SSSR count). The van der Waals surface area contributed by atoms with Crippen molar-refractivity contribution < 1.29 is 9.53 Å². The van der Waals surface area contributed by atoms with Gasteiger partial charge in [-0.15, -0.1) is 0 Å². The number of rotatable bonds is 3. The van der Waals surface area contributed by atoms with Crippen molar-refractivity contribution in [1.29, 1.82) is 0 Å². The predicted octanol–water partition coefficient (Wildman–Crippen LogP) is 4.03. The van der Waals surface area contributed by atoms with E-state index in [1.165, 1.54) is 6.33 Å². The molecule has 2 unspecified atom stereocenters. The maximum atomic E-state index is 12.5. The topological polar surface area (TPSA) is 60.2 Å². The van der Waals surface area contributed by atoms with E-state index in [0.717, 1.165) is 16.9 Å². The molecule has 0 aliphatic carbocycles. The number of carbonyl (C=O) groups is 1. The van der Waals surface area contributed by atoms with Gasteiger partial charge in [-0.25, -0.2) is 4.68 Å². The first-order valence-corrected chi connectivity index (χ1v) is 9.05. The summed E-state index contributed by atoms with van der Waals surface area (Å²) in [6.45, 7) is 1.55. The fraction of sp³-hybridized carbons (Fsp3) is 0.250. The van der Waals surface area contributed by atoms with Crippen molar-refractivity contribution in [3.8, 4) is 5.75 Å². The van der Waals surface area contributed by atoms with Crippen LogP contribution in [0.2, 0.25) is 5.02 Å². The molecule has 3 aromatic rings. The molecule has 2 heterocycles. The van der Waals surface area contributed by atoms with Crippen LogP contribution in [0.5, 0.6) is 5.75 Å². The number of anilines is 1. The third-order valence-electron chi connectivity index (χ3n) is 4.92. The zero-order valence-corrected chi connectivity index (χ0v) is 15.8. The van der Waals surface area contributed by atoms with Gasteiger partial charge in [0.05, 0.1) is 19.2 Å². The highest BCUT2D eigenvalue weighted by Gasteiger charge is 2.38. The van der Waals surface area contributed by atoms with Crippen LogP contribution in [-0.2, 0) is 4.79 Å². The molecule has 2 atom stereocenters. The number of hydrogen-bond donors (Lipinski definition) is 0. The van der Waals surface area contributed by atoms with Gasteiger partial charge in [-0.1, -0.05) is 35.9 Å². The minimum atomic E-state index is -0.147. The van der Waals surface area contributed by atoms with E-state index in [9.17, 15) is 4.79 Å². The Hall–Kier alpha value is -2.86. The number of aromatic nitrogens is 3. The van der Waals surface area contributed by atoms with Crippen LogP contribution >= 0.6 is 11.6 Å². The monoisotopic (exact) mass is 382 g/mol. The van der Waals surface area contributed by atoms with E-state index in [1.54, 1.807) is 18.9 Å². The Balaban J connectivity index is 1.80. The van der Waals surface area contributed by atoms with Crippen LogP contribution in [0, 0.1) is 0 Å². The zero-order chi connectivity index (χ0) is 19.0. The van der Waals surface area contributed by atoms with Crippen LogP contribution < -0.4 is 9.64 Å². The van der Waals surface area contributed by atoms with E-state index in [0.29, 0.717) is 17.4 Å². The zero-order valence-electron chi connectivity index (χ0n) is 15.0. The molecule has 6 nitrogen and oxygen atoms in total. The standard InChI is InChI=1S/C20H19ClN4O2/c1-13(26)24-18(14-5-9-17(27-2)10-6-14)11-19(25-20(24)22-12-23-25)15-3-7-16(21)8-4-15/h3-10,12,18-19H,11H2,1-2H3. The first-order chi connectivity index (χ1) is 13.1. The van der Waals surface area contributed by atoms with Crippen molar-refractivity contribution in [2.75, 3.05) is 12.0 Å². The van der Waals surface area contributed by atoms with Crippen LogP contribution in [0.3, 0.4) is 0 Å². The Morgan fingerprint density at radius 3 is 2.33 bits per heavy atom. The number of halogens is 1. The van der Waals surface area contributed by atoms with Gasteiger partial charge in [0.15, 0.2) is 0 Å². The largest absolute Gasteiger partial charge is 0.497 e. The predicted molar refractivity (Wildman–Crippen MR) is 103 cm³/mol. The second kappa shape index (κ2) is 7.04. The molecule has 138 valence electrons. The number of ether oxygens (including phenoxy) is 1. The SMILES string of the molecule is COc1ccc(C2CC(c3ccc(Cl)cc3)n3ncnc3N2C(C)=O)cc1. The van der Waals surface area contributed by atoms with Gasteiger partial charge in [-0.2, -0.15) is 10.1 Å². The average molecular weight is 383 g/mol. The lowest BCUT2D eigenvalue weighted by Gasteiger charge is -2.38. The molecular weight excluding hydrogens is 364 g/mol. The van der Waals surface area contributed by atoms with Crippen molar-refractivity contribution in [3.63, 3.8) is 0 Å². The van der Waals surface area contributed by atoms with Crippen LogP contribution in [0.4, 0.5) is 5.95 Å². The van der Waals surface area contributed by atoms with Crippen LogP contribution in [0.1, 0.15) is 36.6 Å². The Bertz CT molecular complexity index is 953. The number of benzene rings is 2. The van der Waals surface area contributed by atoms with E-state index in [2.05, 4.69) is 10.1 Å². The lowest BCUT2D eigenvalue weighted by atomic mass is 9.92. The van der Waals surface area contributed by atoms with Crippen molar-refractivity contribution in [2.45, 2.75) is 25.4 Å². The van der Waals surface area contributed by atoms with E-state index < -0.39 is 0 Å². The number of hydrogen-bond acceptors (Lipinski definition) is 4. The summed E-state index contributed by atoms with van der Waals surface area (Å²) in [6, 6.07) is 15.3. The molecule has 1 amide bonds. The molecule has 27 heavy (non-hydrogen) atoms. The van der Waals surface area contributed by atoms with Gasteiger partial charge >= 0.3 is 0 Å². The molecular formula is C20H19ClN4O2. The highest BCUT2D eigenvalue weighted by molar-refractivity contribution is 6.30. The number of methoxy groups -OCH3 is 1. The molecule has 1 aliphatic heterocycles. The van der Waals surface area contributed by atoms with E-state index in [-0.39, 0.29) is 18.0 Å². The lowest BCUT2D eigenvalue weighted by Crippen LogP contribution is -2.41. The molecule has 0 spiro atoms. The number of amides is 1. The smallest absolute Gasteiger partial charge is 0.231 e. The number of fused-ring (bicyclic) bond motifs is 1. The van der Waals surface area contributed by atoms with Gasteiger partial charge in [0, 0.05) is 11.9 Å². The molecule has 0 saturated heterocycles. The van der Waals surface area contributed by atoms with Gasteiger partial charge in [-0.3, -0.25) is 9.69 Å². The highest BCUT2D eigenvalue weighted by atomic mass is 35.5. The quantitative estimate of drug-likeness (QED) is 0.686. The van der Waals surface area contributed by atoms with E-state index in [4.69, 9.17) is 16.3 Å². The van der Waals surface area contributed by atoms with Gasteiger partial charge in [0.25, 0.3) is 0 Å². The van der Waals surface area contributed by atoms with E-state index in [1.807, 2.05) is 53.2 Å². The summed E-state index contributed by atoms with van der Waals surface area (Å²) in [6.07, 6.45) is 2.18. The van der Waals surface area contributed by atoms with Crippen molar-refractivity contribution >= 4 is 23.5 Å². The minimum Gasteiger partial charge on any atom is -0.497 e. The van der Waals surface area contributed by atoms with E-state index >= 15 is 0 Å². The fourth-order valence-electron chi connectivity index (χ4n) is 3.63. The van der Waals surface area contributed by atoms with Crippen molar-refractivity contribution in [1.82, 2.24) is 14.8 Å². The molecule has 0 bridgehead atoms.